The molecule has 0 saturated carbocycles. The molecular formula is C18H32N4O3. The molecule has 0 aliphatic carbocycles. The van der Waals surface area contributed by atoms with E-state index >= 15 is 0 Å². The Balaban J connectivity index is 2.32. The van der Waals surface area contributed by atoms with Crippen molar-refractivity contribution in [3.8, 4) is 5.88 Å². The third-order valence-electron chi connectivity index (χ3n) is 3.42. The van der Waals surface area contributed by atoms with E-state index in [1.807, 2.05) is 12.1 Å². The third kappa shape index (κ3) is 9.89. The van der Waals surface area contributed by atoms with Crippen molar-refractivity contribution in [1.29, 1.82) is 0 Å². The SMILES string of the molecule is CN=C(NCCOCCC(C)C)NCc1cccnc1OCCOC. The number of pyridine rings is 1. The molecule has 0 spiro atoms. The summed E-state index contributed by atoms with van der Waals surface area (Å²) in [6.45, 7) is 8.13. The van der Waals surface area contributed by atoms with Gasteiger partial charge in [0.15, 0.2) is 5.96 Å². The van der Waals surface area contributed by atoms with Crippen LogP contribution in [0.15, 0.2) is 23.3 Å². The summed E-state index contributed by atoms with van der Waals surface area (Å²) in [5.74, 6) is 2.00. The molecule has 0 aromatic carbocycles. The van der Waals surface area contributed by atoms with Gasteiger partial charge in [-0.3, -0.25) is 4.99 Å². The molecule has 142 valence electrons. The molecule has 1 aromatic rings. The van der Waals surface area contributed by atoms with E-state index in [1.54, 1.807) is 20.4 Å². The summed E-state index contributed by atoms with van der Waals surface area (Å²) in [4.78, 5) is 8.48. The maximum atomic E-state index is 5.63. The Kier molecular flexibility index (Phi) is 11.4. The van der Waals surface area contributed by atoms with E-state index in [9.17, 15) is 0 Å². The monoisotopic (exact) mass is 352 g/mol. The predicted octanol–water partition coefficient (Wildman–Crippen LogP) is 1.83. The molecule has 1 heterocycles. The van der Waals surface area contributed by atoms with Crippen LogP contribution in [0.2, 0.25) is 0 Å². The second-order valence-electron chi connectivity index (χ2n) is 5.96. The van der Waals surface area contributed by atoms with Crippen molar-refractivity contribution in [3.63, 3.8) is 0 Å². The molecule has 0 amide bonds. The molecule has 0 aliphatic heterocycles. The van der Waals surface area contributed by atoms with Gasteiger partial charge in [0.2, 0.25) is 5.88 Å². The zero-order valence-electron chi connectivity index (χ0n) is 15.9. The van der Waals surface area contributed by atoms with E-state index in [2.05, 4.69) is 34.5 Å². The summed E-state index contributed by atoms with van der Waals surface area (Å²) in [6.07, 6.45) is 2.80. The minimum Gasteiger partial charge on any atom is -0.475 e. The van der Waals surface area contributed by atoms with Crippen LogP contribution in [0.25, 0.3) is 0 Å². The molecule has 7 nitrogen and oxygen atoms in total. The Hall–Kier alpha value is -1.86. The van der Waals surface area contributed by atoms with Crippen LogP contribution in [0, 0.1) is 5.92 Å². The molecule has 1 rings (SSSR count). The van der Waals surface area contributed by atoms with Gasteiger partial charge in [-0.15, -0.1) is 0 Å². The number of methoxy groups -OCH3 is 1. The van der Waals surface area contributed by atoms with Gasteiger partial charge in [0.1, 0.15) is 6.61 Å². The summed E-state index contributed by atoms with van der Waals surface area (Å²) >= 11 is 0. The quantitative estimate of drug-likeness (QED) is 0.340. The first kappa shape index (κ1) is 21.2. The maximum absolute atomic E-state index is 5.63. The van der Waals surface area contributed by atoms with Crippen LogP contribution in [0.4, 0.5) is 0 Å². The van der Waals surface area contributed by atoms with Crippen LogP contribution >= 0.6 is 0 Å². The third-order valence-corrected chi connectivity index (χ3v) is 3.42. The number of nitrogens with zero attached hydrogens (tertiary/aromatic N) is 2. The number of aromatic nitrogens is 1. The van der Waals surface area contributed by atoms with E-state index in [4.69, 9.17) is 14.2 Å². The largest absolute Gasteiger partial charge is 0.475 e. The fourth-order valence-electron chi connectivity index (χ4n) is 1.97. The highest BCUT2D eigenvalue weighted by atomic mass is 16.5. The fourth-order valence-corrected chi connectivity index (χ4v) is 1.97. The van der Waals surface area contributed by atoms with Crippen LogP contribution in [-0.4, -0.2) is 58.1 Å². The highest BCUT2D eigenvalue weighted by Crippen LogP contribution is 2.13. The molecule has 2 N–H and O–H groups in total. The second kappa shape index (κ2) is 13.4. The average molecular weight is 352 g/mol. The van der Waals surface area contributed by atoms with Crippen molar-refractivity contribution < 1.29 is 14.2 Å². The fraction of sp³-hybridized carbons (Fsp3) is 0.667. The summed E-state index contributed by atoms with van der Waals surface area (Å²) in [5, 5.41) is 6.49. The Morgan fingerprint density at radius 3 is 2.76 bits per heavy atom. The highest BCUT2D eigenvalue weighted by molar-refractivity contribution is 5.79. The summed E-state index contributed by atoms with van der Waals surface area (Å²) in [5.41, 5.74) is 0.967. The van der Waals surface area contributed by atoms with Crippen LogP contribution in [0.5, 0.6) is 5.88 Å². The lowest BCUT2D eigenvalue weighted by atomic mass is 10.1. The van der Waals surface area contributed by atoms with Crippen molar-refractivity contribution in [2.24, 2.45) is 10.9 Å². The average Bonchev–Trinajstić information content (AvgIpc) is 2.61. The lowest BCUT2D eigenvalue weighted by Crippen LogP contribution is -2.38. The molecular weight excluding hydrogens is 320 g/mol. The lowest BCUT2D eigenvalue weighted by Gasteiger charge is -2.14. The number of guanidine groups is 1. The molecule has 0 aliphatic rings. The number of ether oxygens (including phenoxy) is 3. The van der Waals surface area contributed by atoms with E-state index in [-0.39, 0.29) is 0 Å². The van der Waals surface area contributed by atoms with Gasteiger partial charge >= 0.3 is 0 Å². The zero-order chi connectivity index (χ0) is 18.3. The van der Waals surface area contributed by atoms with Gasteiger partial charge in [-0.25, -0.2) is 4.98 Å². The minimum absolute atomic E-state index is 0.473. The number of hydrogen-bond donors (Lipinski definition) is 2. The molecule has 0 radical (unpaired) electrons. The molecule has 0 bridgehead atoms. The van der Waals surface area contributed by atoms with E-state index < -0.39 is 0 Å². The van der Waals surface area contributed by atoms with Crippen molar-refractivity contribution in [2.75, 3.05) is 47.1 Å². The second-order valence-corrected chi connectivity index (χ2v) is 5.96. The Bertz CT molecular complexity index is 495. The van der Waals surface area contributed by atoms with E-state index in [0.29, 0.717) is 44.7 Å². The van der Waals surface area contributed by atoms with E-state index in [0.717, 1.165) is 24.6 Å². The first-order chi connectivity index (χ1) is 12.2. The normalized spacial score (nSPS) is 11.6. The van der Waals surface area contributed by atoms with Crippen molar-refractivity contribution in [3.05, 3.63) is 23.9 Å². The highest BCUT2D eigenvalue weighted by Gasteiger charge is 2.06. The summed E-state index contributed by atoms with van der Waals surface area (Å²) in [7, 11) is 3.39. The molecule has 25 heavy (non-hydrogen) atoms. The van der Waals surface area contributed by atoms with Gasteiger partial charge < -0.3 is 24.8 Å². The molecule has 7 heteroatoms. The molecule has 0 atom stereocenters. The van der Waals surface area contributed by atoms with Crippen molar-refractivity contribution in [2.45, 2.75) is 26.8 Å². The van der Waals surface area contributed by atoms with Gasteiger partial charge in [0, 0.05) is 45.6 Å². The summed E-state index contributed by atoms with van der Waals surface area (Å²) < 4.78 is 16.2. The summed E-state index contributed by atoms with van der Waals surface area (Å²) in [6, 6.07) is 3.86. The van der Waals surface area contributed by atoms with Crippen LogP contribution < -0.4 is 15.4 Å². The number of rotatable bonds is 12. The number of nitrogens with one attached hydrogen (secondary N) is 2. The molecule has 0 fully saturated rings. The van der Waals surface area contributed by atoms with Gasteiger partial charge in [-0.05, 0) is 18.4 Å². The molecule has 1 aromatic heterocycles. The van der Waals surface area contributed by atoms with Gasteiger partial charge in [-0.2, -0.15) is 0 Å². The Morgan fingerprint density at radius 2 is 2.04 bits per heavy atom. The van der Waals surface area contributed by atoms with Crippen molar-refractivity contribution >= 4 is 5.96 Å². The smallest absolute Gasteiger partial charge is 0.218 e. The van der Waals surface area contributed by atoms with Gasteiger partial charge in [0.25, 0.3) is 0 Å². The van der Waals surface area contributed by atoms with Crippen LogP contribution in [-0.2, 0) is 16.0 Å². The number of hydrogen-bond acceptors (Lipinski definition) is 5. The lowest BCUT2D eigenvalue weighted by molar-refractivity contribution is 0.128. The maximum Gasteiger partial charge on any atom is 0.218 e. The van der Waals surface area contributed by atoms with Gasteiger partial charge in [0.05, 0.1) is 13.2 Å². The van der Waals surface area contributed by atoms with Crippen LogP contribution in [0.3, 0.4) is 0 Å². The van der Waals surface area contributed by atoms with Crippen molar-refractivity contribution in [1.82, 2.24) is 15.6 Å². The van der Waals surface area contributed by atoms with Crippen LogP contribution in [0.1, 0.15) is 25.8 Å². The first-order valence-electron chi connectivity index (χ1n) is 8.75. The molecule has 0 saturated heterocycles. The minimum atomic E-state index is 0.473. The standard InChI is InChI=1S/C18H32N4O3/c1-15(2)7-10-24-11-9-21-18(19-3)22-14-16-6-5-8-20-17(16)25-13-12-23-4/h5-6,8,15H,7,9-14H2,1-4H3,(H2,19,21,22). The number of aliphatic imine (C=N–C) groups is 1. The first-order valence-corrected chi connectivity index (χ1v) is 8.75. The Labute approximate surface area is 151 Å². The van der Waals surface area contributed by atoms with Gasteiger partial charge in [-0.1, -0.05) is 19.9 Å². The van der Waals surface area contributed by atoms with E-state index in [1.165, 1.54) is 0 Å². The molecule has 0 unspecified atom stereocenters. The Morgan fingerprint density at radius 1 is 1.20 bits per heavy atom. The topological polar surface area (TPSA) is 77.0 Å². The zero-order valence-corrected chi connectivity index (χ0v) is 15.9. The predicted molar refractivity (Wildman–Crippen MR) is 100 cm³/mol.